The zero-order chi connectivity index (χ0) is 17.7. The minimum Gasteiger partial charge on any atom is -0.480 e. The lowest BCUT2D eigenvalue weighted by Crippen LogP contribution is -2.50. The van der Waals surface area contributed by atoms with Crippen LogP contribution in [0.15, 0.2) is 12.1 Å². The summed E-state index contributed by atoms with van der Waals surface area (Å²) < 4.78 is 12.2. The van der Waals surface area contributed by atoms with E-state index in [2.05, 4.69) is 10.2 Å². The van der Waals surface area contributed by atoms with Gasteiger partial charge in [-0.05, 0) is 19.1 Å². The van der Waals surface area contributed by atoms with Crippen LogP contribution in [0, 0.1) is 6.92 Å². The molecule has 2 aliphatic rings. The number of benzene rings is 1. The SMILES string of the molecule is Cc1nnc2n1CC(C(=O)O)N(C(=O)c1cc(Cl)c3c(c1)OCO3)C2. The third-order valence-corrected chi connectivity index (χ3v) is 4.56. The molecule has 0 fully saturated rings. The number of hydrogen-bond acceptors (Lipinski definition) is 6. The predicted molar refractivity (Wildman–Crippen MR) is 83.6 cm³/mol. The molecule has 0 aliphatic carbocycles. The van der Waals surface area contributed by atoms with E-state index >= 15 is 0 Å². The monoisotopic (exact) mass is 364 g/mol. The molecule has 25 heavy (non-hydrogen) atoms. The number of ether oxygens (including phenoxy) is 2. The summed E-state index contributed by atoms with van der Waals surface area (Å²) in [5.41, 5.74) is 0.227. The molecular weight excluding hydrogens is 352 g/mol. The number of aryl methyl sites for hydroxylation is 1. The smallest absolute Gasteiger partial charge is 0.328 e. The number of carbonyl (C=O) groups excluding carboxylic acids is 1. The van der Waals surface area contributed by atoms with Crippen molar-refractivity contribution in [1.29, 1.82) is 0 Å². The third kappa shape index (κ3) is 2.47. The Labute approximate surface area is 146 Å². The molecule has 9 nitrogen and oxygen atoms in total. The van der Waals surface area contributed by atoms with E-state index < -0.39 is 17.9 Å². The van der Waals surface area contributed by atoms with Gasteiger partial charge in [-0.1, -0.05) is 11.6 Å². The van der Waals surface area contributed by atoms with E-state index in [0.717, 1.165) is 0 Å². The number of carboxylic acid groups (broad SMARTS) is 1. The number of amides is 1. The van der Waals surface area contributed by atoms with Gasteiger partial charge in [0.2, 0.25) is 6.79 Å². The number of hydrogen-bond donors (Lipinski definition) is 1. The minimum atomic E-state index is -1.10. The van der Waals surface area contributed by atoms with E-state index in [9.17, 15) is 14.7 Å². The van der Waals surface area contributed by atoms with Crippen LogP contribution in [0.2, 0.25) is 5.02 Å². The normalized spacial score (nSPS) is 18.2. The number of carboxylic acids is 1. The van der Waals surface area contributed by atoms with Crippen molar-refractivity contribution < 1.29 is 24.2 Å². The Hall–Kier alpha value is -2.81. The summed E-state index contributed by atoms with van der Waals surface area (Å²) >= 11 is 6.12. The van der Waals surface area contributed by atoms with Gasteiger partial charge in [-0.3, -0.25) is 4.79 Å². The van der Waals surface area contributed by atoms with Gasteiger partial charge in [-0.25, -0.2) is 4.79 Å². The van der Waals surface area contributed by atoms with Gasteiger partial charge in [0.15, 0.2) is 17.3 Å². The number of fused-ring (bicyclic) bond motifs is 2. The molecular formula is C15H13ClN4O5. The molecule has 3 heterocycles. The lowest BCUT2D eigenvalue weighted by Gasteiger charge is -2.33. The fourth-order valence-electron chi connectivity index (χ4n) is 2.99. The maximum absolute atomic E-state index is 12.9. The van der Waals surface area contributed by atoms with Gasteiger partial charge >= 0.3 is 5.97 Å². The van der Waals surface area contributed by atoms with Crippen molar-refractivity contribution in [3.63, 3.8) is 0 Å². The van der Waals surface area contributed by atoms with Crippen LogP contribution in [0.3, 0.4) is 0 Å². The molecule has 0 saturated heterocycles. The average molecular weight is 365 g/mol. The molecule has 1 N–H and O–H groups in total. The number of nitrogens with zero attached hydrogens (tertiary/aromatic N) is 4. The van der Waals surface area contributed by atoms with E-state index in [0.29, 0.717) is 23.1 Å². The van der Waals surface area contributed by atoms with Crippen LogP contribution >= 0.6 is 11.6 Å². The zero-order valence-electron chi connectivity index (χ0n) is 13.1. The van der Waals surface area contributed by atoms with Crippen molar-refractivity contribution in [3.05, 3.63) is 34.4 Å². The Morgan fingerprint density at radius 1 is 1.32 bits per heavy atom. The zero-order valence-corrected chi connectivity index (χ0v) is 13.9. The van der Waals surface area contributed by atoms with Gasteiger partial charge in [-0.2, -0.15) is 0 Å². The van der Waals surface area contributed by atoms with Gasteiger partial charge in [0, 0.05) is 5.56 Å². The summed E-state index contributed by atoms with van der Waals surface area (Å²) in [5.74, 6) is 0.314. The number of aliphatic carboxylic acids is 1. The summed E-state index contributed by atoms with van der Waals surface area (Å²) in [7, 11) is 0. The number of halogens is 1. The second-order valence-corrected chi connectivity index (χ2v) is 6.16. The van der Waals surface area contributed by atoms with Gasteiger partial charge in [0.25, 0.3) is 5.91 Å². The first-order valence-electron chi connectivity index (χ1n) is 7.47. The van der Waals surface area contributed by atoms with E-state index in [1.54, 1.807) is 11.5 Å². The lowest BCUT2D eigenvalue weighted by atomic mass is 10.1. The number of rotatable bonds is 2. The minimum absolute atomic E-state index is 0.0243. The van der Waals surface area contributed by atoms with Crippen LogP contribution in [0.25, 0.3) is 0 Å². The van der Waals surface area contributed by atoms with Crippen LogP contribution in [0.5, 0.6) is 11.5 Å². The maximum Gasteiger partial charge on any atom is 0.328 e. The van der Waals surface area contributed by atoms with Crippen molar-refractivity contribution in [3.8, 4) is 11.5 Å². The van der Waals surface area contributed by atoms with E-state index in [-0.39, 0.29) is 30.5 Å². The molecule has 2 aliphatic heterocycles. The Bertz CT molecular complexity index is 896. The second-order valence-electron chi connectivity index (χ2n) is 5.75. The first-order chi connectivity index (χ1) is 12.0. The van der Waals surface area contributed by atoms with Crippen LogP contribution < -0.4 is 9.47 Å². The average Bonchev–Trinajstić information content (AvgIpc) is 3.20. The van der Waals surface area contributed by atoms with E-state index in [1.165, 1.54) is 17.0 Å². The number of aromatic nitrogens is 3. The van der Waals surface area contributed by atoms with E-state index in [1.807, 2.05) is 0 Å². The molecule has 10 heteroatoms. The molecule has 1 aromatic carbocycles. The Morgan fingerprint density at radius 2 is 2.12 bits per heavy atom. The third-order valence-electron chi connectivity index (χ3n) is 4.28. The summed E-state index contributed by atoms with van der Waals surface area (Å²) in [6, 6.07) is 1.92. The largest absolute Gasteiger partial charge is 0.480 e. The van der Waals surface area contributed by atoms with Crippen LogP contribution in [-0.2, 0) is 17.9 Å². The highest BCUT2D eigenvalue weighted by Crippen LogP contribution is 2.40. The summed E-state index contributed by atoms with van der Waals surface area (Å²) in [4.78, 5) is 25.9. The van der Waals surface area contributed by atoms with Crippen molar-refractivity contribution in [2.75, 3.05) is 6.79 Å². The Kier molecular flexibility index (Phi) is 3.53. The quantitative estimate of drug-likeness (QED) is 0.849. The fourth-order valence-corrected chi connectivity index (χ4v) is 3.26. The molecule has 1 amide bonds. The molecule has 1 aromatic heterocycles. The summed E-state index contributed by atoms with van der Waals surface area (Å²) in [5, 5.41) is 17.7. The molecule has 1 unspecified atom stereocenters. The van der Waals surface area contributed by atoms with Crippen LogP contribution in [-0.4, -0.2) is 49.5 Å². The standard InChI is InChI=1S/C15H13ClN4O5/c1-7-17-18-12-5-20(10(15(22)23)4-19(7)12)14(21)8-2-9(16)13-11(3-8)24-6-25-13/h2-3,10H,4-6H2,1H3,(H,22,23). The maximum atomic E-state index is 12.9. The second kappa shape index (κ2) is 5.62. The van der Waals surface area contributed by atoms with Gasteiger partial charge < -0.3 is 24.0 Å². The number of carbonyl (C=O) groups is 2. The van der Waals surface area contributed by atoms with Gasteiger partial charge in [0.1, 0.15) is 11.9 Å². The highest BCUT2D eigenvalue weighted by molar-refractivity contribution is 6.32. The van der Waals surface area contributed by atoms with Crippen LogP contribution in [0.4, 0.5) is 0 Å². The molecule has 0 spiro atoms. The van der Waals surface area contributed by atoms with Gasteiger partial charge in [0.05, 0.1) is 18.1 Å². The molecule has 2 aromatic rings. The fraction of sp³-hybridized carbons (Fsp3) is 0.333. The van der Waals surface area contributed by atoms with Crippen LogP contribution in [0.1, 0.15) is 22.0 Å². The highest BCUT2D eigenvalue weighted by atomic mass is 35.5. The molecule has 0 saturated carbocycles. The van der Waals surface area contributed by atoms with Crippen molar-refractivity contribution in [2.45, 2.75) is 26.1 Å². The topological polar surface area (TPSA) is 107 Å². The molecule has 0 radical (unpaired) electrons. The Morgan fingerprint density at radius 3 is 2.88 bits per heavy atom. The summed E-state index contributed by atoms with van der Waals surface area (Å²) in [6.07, 6.45) is 0. The van der Waals surface area contributed by atoms with Crippen molar-refractivity contribution >= 4 is 23.5 Å². The first-order valence-corrected chi connectivity index (χ1v) is 7.85. The summed E-state index contributed by atoms with van der Waals surface area (Å²) in [6.45, 7) is 1.90. The molecule has 1 atom stereocenters. The predicted octanol–water partition coefficient (Wildman–Crippen LogP) is 1.08. The highest BCUT2D eigenvalue weighted by Gasteiger charge is 2.37. The van der Waals surface area contributed by atoms with E-state index in [4.69, 9.17) is 21.1 Å². The molecule has 130 valence electrons. The lowest BCUT2D eigenvalue weighted by molar-refractivity contribution is -0.143. The van der Waals surface area contributed by atoms with Crippen molar-refractivity contribution in [1.82, 2.24) is 19.7 Å². The first kappa shape index (κ1) is 15.7. The Balaban J connectivity index is 1.71. The molecule has 0 bridgehead atoms. The van der Waals surface area contributed by atoms with Crippen molar-refractivity contribution in [2.24, 2.45) is 0 Å². The molecule has 4 rings (SSSR count). The van der Waals surface area contributed by atoms with Gasteiger partial charge in [-0.15, -0.1) is 10.2 Å².